The third-order valence-corrected chi connectivity index (χ3v) is 1.48. The van der Waals surface area contributed by atoms with Crippen molar-refractivity contribution >= 4 is 17.7 Å². The van der Waals surface area contributed by atoms with E-state index in [1.165, 1.54) is 12.1 Å². The minimum Gasteiger partial charge on any atom is -0.390 e. The smallest absolute Gasteiger partial charge is 0.271 e. The minimum absolute atomic E-state index is 0.0283. The molecule has 0 fully saturated rings. The maximum atomic E-state index is 10.4. The van der Waals surface area contributed by atoms with E-state index >= 15 is 0 Å². The zero-order chi connectivity index (χ0) is 9.84. The summed E-state index contributed by atoms with van der Waals surface area (Å²) >= 11 is 0. The predicted octanol–water partition coefficient (Wildman–Crippen LogP) is 1.52. The van der Waals surface area contributed by atoms with Gasteiger partial charge >= 0.3 is 0 Å². The Kier molecular flexibility index (Phi) is 2.59. The van der Waals surface area contributed by atoms with Crippen LogP contribution in [0.25, 0.3) is 0 Å². The molecule has 0 atom stereocenters. The van der Waals surface area contributed by atoms with Gasteiger partial charge in [-0.05, 0) is 18.6 Å². The second-order valence-corrected chi connectivity index (χ2v) is 2.56. The molecule has 0 aliphatic rings. The van der Waals surface area contributed by atoms with Crippen LogP contribution < -0.4 is 5.73 Å². The van der Waals surface area contributed by atoms with Crippen LogP contribution in [-0.4, -0.2) is 11.3 Å². The van der Waals surface area contributed by atoms with Crippen molar-refractivity contribution in [2.75, 3.05) is 0 Å². The molecule has 1 aromatic rings. The molecule has 0 amide bonds. The van der Waals surface area contributed by atoms with Gasteiger partial charge < -0.3 is 5.73 Å². The van der Waals surface area contributed by atoms with Crippen molar-refractivity contribution in [3.8, 4) is 0 Å². The number of nitrogens with two attached hydrogens (primary N) is 1. The Morgan fingerprint density at radius 1 is 1.54 bits per heavy atom. The van der Waals surface area contributed by atoms with Gasteiger partial charge in [0.15, 0.2) is 0 Å². The van der Waals surface area contributed by atoms with Gasteiger partial charge in [0.2, 0.25) is 0 Å². The standard InChI is InChI=1S/C8H9N3O2/c1-6-2-7(10-5-9)4-8(3-6)11(12)13/h2-5H,1H3,(H2,9,10). The first-order valence-corrected chi connectivity index (χ1v) is 3.64. The third kappa shape index (κ3) is 2.26. The molecule has 0 unspecified atom stereocenters. The summed E-state index contributed by atoms with van der Waals surface area (Å²) in [6.07, 6.45) is 1.11. The van der Waals surface area contributed by atoms with Gasteiger partial charge in [0.1, 0.15) is 0 Å². The first-order valence-electron chi connectivity index (χ1n) is 3.64. The summed E-state index contributed by atoms with van der Waals surface area (Å²) in [5, 5.41) is 10.4. The lowest BCUT2D eigenvalue weighted by molar-refractivity contribution is -0.384. The number of nitro benzene ring substituents is 1. The van der Waals surface area contributed by atoms with E-state index in [0.29, 0.717) is 5.69 Å². The Bertz CT molecular complexity index is 360. The van der Waals surface area contributed by atoms with E-state index in [1.54, 1.807) is 13.0 Å². The van der Waals surface area contributed by atoms with Crippen molar-refractivity contribution in [3.05, 3.63) is 33.9 Å². The maximum absolute atomic E-state index is 10.4. The van der Waals surface area contributed by atoms with E-state index in [4.69, 9.17) is 5.73 Å². The molecule has 5 heteroatoms. The number of benzene rings is 1. The molecule has 0 saturated carbocycles. The molecule has 5 nitrogen and oxygen atoms in total. The molecular formula is C8H9N3O2. The van der Waals surface area contributed by atoms with Crippen LogP contribution in [0.15, 0.2) is 23.2 Å². The molecule has 0 aliphatic heterocycles. The number of nitrogens with zero attached hydrogens (tertiary/aromatic N) is 2. The topological polar surface area (TPSA) is 81.5 Å². The van der Waals surface area contributed by atoms with Crippen LogP contribution in [0.1, 0.15) is 5.56 Å². The molecule has 68 valence electrons. The fourth-order valence-corrected chi connectivity index (χ4v) is 1.01. The molecular weight excluding hydrogens is 170 g/mol. The fourth-order valence-electron chi connectivity index (χ4n) is 1.01. The molecule has 1 rings (SSSR count). The predicted molar refractivity (Wildman–Crippen MR) is 50.2 cm³/mol. The van der Waals surface area contributed by atoms with Crippen LogP contribution in [0, 0.1) is 17.0 Å². The zero-order valence-corrected chi connectivity index (χ0v) is 7.10. The van der Waals surface area contributed by atoms with Crippen LogP contribution in [-0.2, 0) is 0 Å². The average Bonchev–Trinajstić information content (AvgIpc) is 2.03. The summed E-state index contributed by atoms with van der Waals surface area (Å²) in [4.78, 5) is 13.7. The fraction of sp³-hybridized carbons (Fsp3) is 0.125. The van der Waals surface area contributed by atoms with Gasteiger partial charge in [-0.1, -0.05) is 0 Å². The molecule has 0 bridgehead atoms. The Morgan fingerprint density at radius 2 is 2.23 bits per heavy atom. The summed E-state index contributed by atoms with van der Waals surface area (Å²) in [5.74, 6) is 0. The lowest BCUT2D eigenvalue weighted by Crippen LogP contribution is -1.90. The normalized spacial score (nSPS) is 10.5. The number of hydrogen-bond acceptors (Lipinski definition) is 3. The minimum atomic E-state index is -0.456. The monoisotopic (exact) mass is 179 g/mol. The first-order chi connectivity index (χ1) is 6.13. The largest absolute Gasteiger partial charge is 0.390 e. The van der Waals surface area contributed by atoms with Crippen molar-refractivity contribution in [3.63, 3.8) is 0 Å². The number of non-ortho nitro benzene ring substituents is 1. The highest BCUT2D eigenvalue weighted by molar-refractivity contribution is 5.61. The van der Waals surface area contributed by atoms with Gasteiger partial charge in [-0.25, -0.2) is 4.99 Å². The lowest BCUT2D eigenvalue weighted by atomic mass is 10.2. The van der Waals surface area contributed by atoms with Crippen molar-refractivity contribution in [2.45, 2.75) is 6.92 Å². The van der Waals surface area contributed by atoms with Gasteiger partial charge in [-0.3, -0.25) is 10.1 Å². The lowest BCUT2D eigenvalue weighted by Gasteiger charge is -1.96. The second-order valence-electron chi connectivity index (χ2n) is 2.56. The quantitative estimate of drug-likeness (QED) is 0.323. The van der Waals surface area contributed by atoms with E-state index in [9.17, 15) is 10.1 Å². The van der Waals surface area contributed by atoms with Crippen molar-refractivity contribution in [1.29, 1.82) is 0 Å². The molecule has 13 heavy (non-hydrogen) atoms. The van der Waals surface area contributed by atoms with Gasteiger partial charge in [-0.15, -0.1) is 0 Å². The van der Waals surface area contributed by atoms with Crippen LogP contribution in [0.4, 0.5) is 11.4 Å². The Morgan fingerprint density at radius 3 is 2.77 bits per heavy atom. The SMILES string of the molecule is Cc1cc(N=CN)cc([N+](=O)[O-])c1. The highest BCUT2D eigenvalue weighted by atomic mass is 16.6. The Labute approximate surface area is 75.0 Å². The summed E-state index contributed by atoms with van der Waals surface area (Å²) in [6, 6.07) is 4.57. The molecule has 0 saturated heterocycles. The van der Waals surface area contributed by atoms with Gasteiger partial charge in [0.05, 0.1) is 16.9 Å². The molecule has 0 heterocycles. The molecule has 0 spiro atoms. The summed E-state index contributed by atoms with van der Waals surface area (Å²) in [6.45, 7) is 1.77. The van der Waals surface area contributed by atoms with Gasteiger partial charge in [0, 0.05) is 12.1 Å². The molecule has 0 aromatic heterocycles. The van der Waals surface area contributed by atoms with Crippen LogP contribution in [0.3, 0.4) is 0 Å². The van der Waals surface area contributed by atoms with E-state index in [-0.39, 0.29) is 5.69 Å². The number of aryl methyl sites for hydroxylation is 1. The molecule has 0 radical (unpaired) electrons. The zero-order valence-electron chi connectivity index (χ0n) is 7.10. The Balaban J connectivity index is 3.18. The van der Waals surface area contributed by atoms with Crippen LogP contribution in [0.5, 0.6) is 0 Å². The van der Waals surface area contributed by atoms with E-state index in [2.05, 4.69) is 4.99 Å². The van der Waals surface area contributed by atoms with Crippen molar-refractivity contribution in [2.24, 2.45) is 10.7 Å². The van der Waals surface area contributed by atoms with E-state index < -0.39 is 4.92 Å². The maximum Gasteiger partial charge on any atom is 0.271 e. The number of nitro groups is 1. The summed E-state index contributed by atoms with van der Waals surface area (Å²) in [7, 11) is 0. The number of rotatable bonds is 2. The van der Waals surface area contributed by atoms with Crippen molar-refractivity contribution in [1.82, 2.24) is 0 Å². The van der Waals surface area contributed by atoms with Crippen molar-refractivity contribution < 1.29 is 4.92 Å². The summed E-state index contributed by atoms with van der Waals surface area (Å²) < 4.78 is 0. The second kappa shape index (κ2) is 3.66. The average molecular weight is 179 g/mol. The molecule has 0 aliphatic carbocycles. The van der Waals surface area contributed by atoms with Gasteiger partial charge in [0.25, 0.3) is 5.69 Å². The number of aliphatic imine (C=N–C) groups is 1. The summed E-state index contributed by atoms with van der Waals surface area (Å²) in [5.41, 5.74) is 6.39. The highest BCUT2D eigenvalue weighted by Gasteiger charge is 2.06. The van der Waals surface area contributed by atoms with E-state index in [0.717, 1.165) is 11.9 Å². The highest BCUT2D eigenvalue weighted by Crippen LogP contribution is 2.21. The molecule has 1 aromatic carbocycles. The van der Waals surface area contributed by atoms with Crippen LogP contribution >= 0.6 is 0 Å². The van der Waals surface area contributed by atoms with E-state index in [1.807, 2.05) is 0 Å². The van der Waals surface area contributed by atoms with Gasteiger partial charge in [-0.2, -0.15) is 0 Å². The van der Waals surface area contributed by atoms with Crippen LogP contribution in [0.2, 0.25) is 0 Å². The number of hydrogen-bond donors (Lipinski definition) is 1. The molecule has 2 N–H and O–H groups in total. The first kappa shape index (κ1) is 9.18. The Hall–Kier alpha value is -1.91. The third-order valence-electron chi connectivity index (χ3n) is 1.48.